The SMILES string of the molecule is CN(CC1(N(C)C)CCC1)c1cc(F)ccc1N. The summed E-state index contributed by atoms with van der Waals surface area (Å²) in [4.78, 5) is 4.35. The Hall–Kier alpha value is -1.29. The first kappa shape index (κ1) is 13.1. The summed E-state index contributed by atoms with van der Waals surface area (Å²) in [6.07, 6.45) is 3.66. The van der Waals surface area contributed by atoms with Gasteiger partial charge in [0.25, 0.3) is 0 Å². The number of benzene rings is 1. The van der Waals surface area contributed by atoms with E-state index in [2.05, 4.69) is 23.9 Å². The number of likely N-dealkylation sites (N-methyl/N-ethyl adjacent to an activating group) is 2. The lowest BCUT2D eigenvalue weighted by molar-refractivity contribution is 0.0683. The molecule has 2 N–H and O–H groups in total. The summed E-state index contributed by atoms with van der Waals surface area (Å²) < 4.78 is 13.3. The molecular formula is C14H22FN3. The van der Waals surface area contributed by atoms with Crippen LogP contribution < -0.4 is 10.6 Å². The number of rotatable bonds is 4. The summed E-state index contributed by atoms with van der Waals surface area (Å²) >= 11 is 0. The summed E-state index contributed by atoms with van der Waals surface area (Å²) in [5.41, 5.74) is 7.55. The van der Waals surface area contributed by atoms with Crippen molar-refractivity contribution in [2.75, 3.05) is 38.3 Å². The number of hydrogen-bond donors (Lipinski definition) is 1. The minimum atomic E-state index is -0.237. The highest BCUT2D eigenvalue weighted by Crippen LogP contribution is 2.38. The highest BCUT2D eigenvalue weighted by atomic mass is 19.1. The molecule has 0 aliphatic heterocycles. The zero-order valence-electron chi connectivity index (χ0n) is 11.4. The van der Waals surface area contributed by atoms with Crippen LogP contribution in [0.5, 0.6) is 0 Å². The molecule has 3 nitrogen and oxygen atoms in total. The van der Waals surface area contributed by atoms with Crippen molar-refractivity contribution < 1.29 is 4.39 Å². The molecule has 1 aliphatic carbocycles. The quantitative estimate of drug-likeness (QED) is 0.834. The molecule has 0 radical (unpaired) electrons. The highest BCUT2D eigenvalue weighted by molar-refractivity contribution is 5.67. The van der Waals surface area contributed by atoms with Crippen LogP contribution in [0, 0.1) is 5.82 Å². The van der Waals surface area contributed by atoms with Gasteiger partial charge in [0.2, 0.25) is 0 Å². The van der Waals surface area contributed by atoms with Gasteiger partial charge in [0, 0.05) is 19.1 Å². The van der Waals surface area contributed by atoms with E-state index >= 15 is 0 Å². The van der Waals surface area contributed by atoms with Crippen molar-refractivity contribution in [2.45, 2.75) is 24.8 Å². The lowest BCUT2D eigenvalue weighted by Crippen LogP contribution is -2.56. The fraction of sp³-hybridized carbons (Fsp3) is 0.571. The first-order valence-corrected chi connectivity index (χ1v) is 6.38. The minimum absolute atomic E-state index is 0.216. The van der Waals surface area contributed by atoms with E-state index in [0.717, 1.165) is 12.2 Å². The number of anilines is 2. The van der Waals surface area contributed by atoms with Gasteiger partial charge in [-0.1, -0.05) is 0 Å². The van der Waals surface area contributed by atoms with Gasteiger partial charge in [-0.05, 0) is 51.6 Å². The van der Waals surface area contributed by atoms with Gasteiger partial charge in [-0.3, -0.25) is 0 Å². The molecule has 1 aliphatic rings. The standard InChI is InChI=1S/C14H22FN3/c1-17(2)14(7-4-8-14)10-18(3)13-9-11(15)5-6-12(13)16/h5-6,9H,4,7-8,10,16H2,1-3H3. The lowest BCUT2D eigenvalue weighted by Gasteiger charge is -2.49. The molecule has 1 fully saturated rings. The topological polar surface area (TPSA) is 32.5 Å². The number of nitrogen functional groups attached to an aromatic ring is 1. The Labute approximate surface area is 108 Å². The second-order valence-electron chi connectivity index (χ2n) is 5.53. The molecule has 4 heteroatoms. The molecule has 0 spiro atoms. The first-order valence-electron chi connectivity index (χ1n) is 6.38. The third kappa shape index (κ3) is 2.29. The van der Waals surface area contributed by atoms with Crippen LogP contribution in [0.2, 0.25) is 0 Å². The smallest absolute Gasteiger partial charge is 0.125 e. The van der Waals surface area contributed by atoms with Crippen molar-refractivity contribution in [1.82, 2.24) is 4.90 Å². The lowest BCUT2D eigenvalue weighted by atomic mass is 9.75. The third-order valence-electron chi connectivity index (χ3n) is 4.17. The molecule has 18 heavy (non-hydrogen) atoms. The molecule has 0 saturated heterocycles. The maximum Gasteiger partial charge on any atom is 0.125 e. The van der Waals surface area contributed by atoms with Crippen LogP contribution in [0.15, 0.2) is 18.2 Å². The predicted molar refractivity (Wildman–Crippen MR) is 74.4 cm³/mol. The van der Waals surface area contributed by atoms with Crippen molar-refractivity contribution in [2.24, 2.45) is 0 Å². The summed E-state index contributed by atoms with van der Waals surface area (Å²) in [6, 6.07) is 4.54. The second kappa shape index (κ2) is 4.76. The van der Waals surface area contributed by atoms with E-state index < -0.39 is 0 Å². The van der Waals surface area contributed by atoms with Crippen LogP contribution >= 0.6 is 0 Å². The van der Waals surface area contributed by atoms with E-state index in [9.17, 15) is 4.39 Å². The molecule has 1 aromatic rings. The highest BCUT2D eigenvalue weighted by Gasteiger charge is 2.40. The molecule has 0 amide bonds. The fourth-order valence-corrected chi connectivity index (χ4v) is 2.71. The number of nitrogens with two attached hydrogens (primary N) is 1. The van der Waals surface area contributed by atoms with Crippen molar-refractivity contribution in [3.05, 3.63) is 24.0 Å². The van der Waals surface area contributed by atoms with Gasteiger partial charge in [-0.25, -0.2) is 4.39 Å². The van der Waals surface area contributed by atoms with Crippen LogP contribution in [0.1, 0.15) is 19.3 Å². The molecule has 100 valence electrons. The molecule has 0 bridgehead atoms. The Kier molecular flexibility index (Phi) is 3.48. The number of nitrogens with zero attached hydrogens (tertiary/aromatic N) is 2. The van der Waals surface area contributed by atoms with Gasteiger partial charge < -0.3 is 15.5 Å². The van der Waals surface area contributed by atoms with Crippen molar-refractivity contribution >= 4 is 11.4 Å². The Balaban J connectivity index is 2.16. The van der Waals surface area contributed by atoms with E-state index in [1.54, 1.807) is 6.07 Å². The van der Waals surface area contributed by atoms with Crippen LogP contribution in [-0.4, -0.2) is 38.1 Å². The minimum Gasteiger partial charge on any atom is -0.397 e. The van der Waals surface area contributed by atoms with Crippen LogP contribution in [0.3, 0.4) is 0 Å². The normalized spacial score (nSPS) is 17.6. The van der Waals surface area contributed by atoms with Gasteiger partial charge in [0.1, 0.15) is 5.82 Å². The van der Waals surface area contributed by atoms with Gasteiger partial charge in [-0.15, -0.1) is 0 Å². The molecule has 0 heterocycles. The second-order valence-corrected chi connectivity index (χ2v) is 5.53. The predicted octanol–water partition coefficient (Wildman–Crippen LogP) is 2.33. The molecule has 2 rings (SSSR count). The molecule has 1 saturated carbocycles. The van der Waals surface area contributed by atoms with E-state index in [-0.39, 0.29) is 11.4 Å². The van der Waals surface area contributed by atoms with Crippen molar-refractivity contribution in [3.8, 4) is 0 Å². The number of halogens is 1. The maximum absolute atomic E-state index is 13.3. The Morgan fingerprint density at radius 2 is 1.94 bits per heavy atom. The van der Waals surface area contributed by atoms with Crippen LogP contribution in [0.4, 0.5) is 15.8 Å². The number of hydrogen-bond acceptors (Lipinski definition) is 3. The average Bonchev–Trinajstić information content (AvgIpc) is 2.26. The monoisotopic (exact) mass is 251 g/mol. The third-order valence-corrected chi connectivity index (χ3v) is 4.17. The molecule has 0 atom stereocenters. The maximum atomic E-state index is 13.3. The molecule has 0 aromatic heterocycles. The Bertz CT molecular complexity index is 427. The summed E-state index contributed by atoms with van der Waals surface area (Å²) in [5.74, 6) is -0.237. The van der Waals surface area contributed by atoms with E-state index in [1.807, 2.05) is 7.05 Å². The summed E-state index contributed by atoms with van der Waals surface area (Å²) in [7, 11) is 6.21. The average molecular weight is 251 g/mol. The first-order chi connectivity index (χ1) is 8.44. The zero-order chi connectivity index (χ0) is 13.3. The zero-order valence-corrected chi connectivity index (χ0v) is 11.4. The van der Waals surface area contributed by atoms with Crippen LogP contribution in [0.25, 0.3) is 0 Å². The summed E-state index contributed by atoms with van der Waals surface area (Å²) in [6.45, 7) is 0.883. The summed E-state index contributed by atoms with van der Waals surface area (Å²) in [5, 5.41) is 0. The Morgan fingerprint density at radius 1 is 1.28 bits per heavy atom. The van der Waals surface area contributed by atoms with Crippen LogP contribution in [-0.2, 0) is 0 Å². The molecular weight excluding hydrogens is 229 g/mol. The largest absolute Gasteiger partial charge is 0.397 e. The van der Waals surface area contributed by atoms with Gasteiger partial charge in [0.15, 0.2) is 0 Å². The van der Waals surface area contributed by atoms with Crippen molar-refractivity contribution in [1.29, 1.82) is 0 Å². The Morgan fingerprint density at radius 3 is 2.44 bits per heavy atom. The van der Waals surface area contributed by atoms with E-state index in [0.29, 0.717) is 5.69 Å². The van der Waals surface area contributed by atoms with Gasteiger partial charge in [-0.2, -0.15) is 0 Å². The van der Waals surface area contributed by atoms with E-state index in [1.165, 1.54) is 31.4 Å². The van der Waals surface area contributed by atoms with Crippen molar-refractivity contribution in [3.63, 3.8) is 0 Å². The van der Waals surface area contributed by atoms with Gasteiger partial charge in [0.05, 0.1) is 11.4 Å². The van der Waals surface area contributed by atoms with Gasteiger partial charge >= 0.3 is 0 Å². The molecule has 1 aromatic carbocycles. The molecule has 0 unspecified atom stereocenters. The van der Waals surface area contributed by atoms with E-state index in [4.69, 9.17) is 5.73 Å². The fourth-order valence-electron chi connectivity index (χ4n) is 2.71.